The molecule has 34 heavy (non-hydrogen) atoms. The van der Waals surface area contributed by atoms with E-state index in [1.807, 2.05) is 39.8 Å². The number of ether oxygens (including phenoxy) is 1. The van der Waals surface area contributed by atoms with Gasteiger partial charge in [-0.3, -0.25) is 14.4 Å². The van der Waals surface area contributed by atoms with Crippen molar-refractivity contribution in [2.75, 3.05) is 0 Å². The van der Waals surface area contributed by atoms with Crippen LogP contribution in [0.3, 0.4) is 0 Å². The normalized spacial score (nSPS) is 10.9. The number of ketones is 1. The average molecular weight is 465 g/mol. The summed E-state index contributed by atoms with van der Waals surface area (Å²) in [7, 11) is 0. The minimum Gasteiger partial charge on any atom is -0.507 e. The van der Waals surface area contributed by atoms with Crippen molar-refractivity contribution >= 4 is 33.7 Å². The number of Topliss-reactive ketones (excluding diaryl/α,β-unsaturated/α-hetero) is 1. The van der Waals surface area contributed by atoms with Crippen LogP contribution in [-0.2, 0) is 17.6 Å². The number of esters is 1. The highest BCUT2D eigenvalue weighted by Gasteiger charge is 2.25. The van der Waals surface area contributed by atoms with E-state index in [1.165, 1.54) is 26.0 Å². The quantitative estimate of drug-likeness (QED) is 0.163. The summed E-state index contributed by atoms with van der Waals surface area (Å²) in [5.74, 6) is -1.60. The van der Waals surface area contributed by atoms with Crippen LogP contribution in [0.5, 0.6) is 17.2 Å². The number of benzene rings is 2. The predicted octanol–water partition coefficient (Wildman–Crippen LogP) is 5.50. The first kappa shape index (κ1) is 24.8. The zero-order valence-corrected chi connectivity index (χ0v) is 20.2. The lowest BCUT2D eigenvalue weighted by atomic mass is 9.93. The number of aromatic hydroxyl groups is 2. The van der Waals surface area contributed by atoms with Gasteiger partial charge in [0.1, 0.15) is 33.8 Å². The summed E-state index contributed by atoms with van der Waals surface area (Å²) in [6, 6.07) is 2.61. The molecule has 0 unspecified atom stereocenters. The topological polar surface area (TPSA) is 114 Å². The van der Waals surface area contributed by atoms with Gasteiger partial charge in [-0.25, -0.2) is 0 Å². The predicted molar refractivity (Wildman–Crippen MR) is 131 cm³/mol. The van der Waals surface area contributed by atoms with Gasteiger partial charge >= 0.3 is 5.97 Å². The van der Waals surface area contributed by atoms with Crippen LogP contribution in [0, 0.1) is 0 Å². The van der Waals surface area contributed by atoms with E-state index in [9.17, 15) is 24.6 Å². The van der Waals surface area contributed by atoms with Crippen molar-refractivity contribution in [2.24, 2.45) is 0 Å². The third-order valence-electron chi connectivity index (χ3n) is 5.41. The maximum atomic E-state index is 13.7. The number of phenolic OH excluding ortho intramolecular Hbond substituents is 2. The van der Waals surface area contributed by atoms with Gasteiger partial charge in [-0.15, -0.1) is 0 Å². The standard InChI is InChI=1S/C27H28O7/c1-13(2)7-9-17-19(30)11-20-25(26(17)31)27(32)24-18(10-8-14(3)4)23(15(5)28)21(33-16(6)29)12-22(24)34-20/h7-8,11-12,30-31H,9-10H2,1-6H3. The highest BCUT2D eigenvalue weighted by atomic mass is 16.5. The van der Waals surface area contributed by atoms with E-state index in [2.05, 4.69) is 0 Å². The summed E-state index contributed by atoms with van der Waals surface area (Å²) in [4.78, 5) is 38.0. The first-order valence-electron chi connectivity index (χ1n) is 10.9. The lowest BCUT2D eigenvalue weighted by Gasteiger charge is -2.16. The maximum absolute atomic E-state index is 13.7. The average Bonchev–Trinajstić information content (AvgIpc) is 2.70. The first-order valence-corrected chi connectivity index (χ1v) is 10.9. The van der Waals surface area contributed by atoms with Crippen molar-refractivity contribution in [3.8, 4) is 17.2 Å². The number of carbonyl (C=O) groups excluding carboxylic acids is 2. The number of carbonyl (C=O) groups is 2. The second-order valence-corrected chi connectivity index (χ2v) is 8.75. The molecule has 0 atom stereocenters. The van der Waals surface area contributed by atoms with Gasteiger partial charge in [0, 0.05) is 24.6 Å². The summed E-state index contributed by atoms with van der Waals surface area (Å²) < 4.78 is 11.2. The highest BCUT2D eigenvalue weighted by Crippen LogP contribution is 2.38. The van der Waals surface area contributed by atoms with Crippen molar-refractivity contribution in [3.63, 3.8) is 0 Å². The van der Waals surface area contributed by atoms with Gasteiger partial charge in [0.2, 0.25) is 5.43 Å². The number of rotatable bonds is 6. The van der Waals surface area contributed by atoms with Crippen LogP contribution in [0.15, 0.2) is 44.6 Å². The van der Waals surface area contributed by atoms with Crippen LogP contribution >= 0.6 is 0 Å². The molecule has 0 saturated carbocycles. The Morgan fingerprint density at radius 2 is 1.44 bits per heavy atom. The Hall–Kier alpha value is -3.87. The largest absolute Gasteiger partial charge is 0.507 e. The van der Waals surface area contributed by atoms with Gasteiger partial charge in [0.05, 0.1) is 10.9 Å². The Morgan fingerprint density at radius 3 is 1.97 bits per heavy atom. The molecule has 2 N–H and O–H groups in total. The van der Waals surface area contributed by atoms with Gasteiger partial charge < -0.3 is 19.4 Å². The maximum Gasteiger partial charge on any atom is 0.308 e. The number of allylic oxidation sites excluding steroid dienone is 4. The van der Waals surface area contributed by atoms with Crippen LogP contribution in [0.25, 0.3) is 21.9 Å². The third kappa shape index (κ3) is 4.73. The number of hydrogen-bond donors (Lipinski definition) is 2. The molecular weight excluding hydrogens is 436 g/mol. The molecule has 0 aliphatic rings. The molecule has 1 aromatic heterocycles. The van der Waals surface area contributed by atoms with Crippen molar-refractivity contribution < 1.29 is 29.0 Å². The van der Waals surface area contributed by atoms with Crippen molar-refractivity contribution in [3.05, 3.63) is 62.3 Å². The molecule has 3 aromatic rings. The SMILES string of the molecule is CC(=O)Oc1cc2oc3cc(O)c(CC=C(C)C)c(O)c3c(=O)c2c(CC=C(C)C)c1C(C)=O. The molecule has 7 heteroatoms. The summed E-state index contributed by atoms with van der Waals surface area (Å²) in [6.07, 6.45) is 4.10. The zero-order chi connectivity index (χ0) is 25.3. The minimum atomic E-state index is -0.627. The molecule has 2 aromatic carbocycles. The van der Waals surface area contributed by atoms with Crippen molar-refractivity contribution in [1.82, 2.24) is 0 Å². The Kier molecular flexibility index (Phi) is 6.96. The molecule has 0 fully saturated rings. The highest BCUT2D eigenvalue weighted by molar-refractivity contribution is 6.06. The van der Waals surface area contributed by atoms with Crippen molar-refractivity contribution in [2.45, 2.75) is 54.4 Å². The van der Waals surface area contributed by atoms with E-state index in [0.717, 1.165) is 11.1 Å². The smallest absolute Gasteiger partial charge is 0.308 e. The Balaban J connectivity index is 2.52. The second-order valence-electron chi connectivity index (χ2n) is 8.75. The number of phenols is 2. The summed E-state index contributed by atoms with van der Waals surface area (Å²) >= 11 is 0. The molecule has 0 aliphatic heterocycles. The Labute approximate surface area is 197 Å². The molecule has 0 bridgehead atoms. The molecule has 178 valence electrons. The van der Waals surface area contributed by atoms with Crippen LogP contribution in [0.2, 0.25) is 0 Å². The summed E-state index contributed by atoms with van der Waals surface area (Å²) in [6.45, 7) is 10.1. The lowest BCUT2D eigenvalue weighted by molar-refractivity contribution is -0.131. The summed E-state index contributed by atoms with van der Waals surface area (Å²) in [5, 5.41) is 21.5. The molecule has 0 aliphatic carbocycles. The Morgan fingerprint density at radius 1 is 0.882 bits per heavy atom. The van der Waals surface area contributed by atoms with E-state index in [-0.39, 0.29) is 68.9 Å². The van der Waals surface area contributed by atoms with E-state index < -0.39 is 11.4 Å². The fourth-order valence-corrected chi connectivity index (χ4v) is 3.87. The molecule has 0 spiro atoms. The molecule has 3 rings (SSSR count). The van der Waals surface area contributed by atoms with E-state index >= 15 is 0 Å². The number of hydrogen-bond acceptors (Lipinski definition) is 7. The number of fused-ring (bicyclic) bond motifs is 2. The van der Waals surface area contributed by atoms with Crippen LogP contribution in [0.1, 0.15) is 63.0 Å². The fourth-order valence-electron chi connectivity index (χ4n) is 3.87. The third-order valence-corrected chi connectivity index (χ3v) is 5.41. The Bertz CT molecular complexity index is 1440. The lowest BCUT2D eigenvalue weighted by Crippen LogP contribution is -2.13. The van der Waals surface area contributed by atoms with Crippen LogP contribution in [-0.4, -0.2) is 22.0 Å². The molecule has 0 amide bonds. The molecule has 1 heterocycles. The van der Waals surface area contributed by atoms with Gasteiger partial charge in [-0.05, 0) is 53.0 Å². The van der Waals surface area contributed by atoms with Gasteiger partial charge in [0.25, 0.3) is 0 Å². The van der Waals surface area contributed by atoms with Gasteiger partial charge in [-0.2, -0.15) is 0 Å². The molecule has 7 nitrogen and oxygen atoms in total. The van der Waals surface area contributed by atoms with E-state index in [4.69, 9.17) is 9.15 Å². The summed E-state index contributed by atoms with van der Waals surface area (Å²) in [5.41, 5.74) is 2.11. The fraction of sp³-hybridized carbons (Fsp3) is 0.296. The van der Waals surface area contributed by atoms with Gasteiger partial charge in [-0.1, -0.05) is 23.3 Å². The van der Waals surface area contributed by atoms with Crippen LogP contribution in [0.4, 0.5) is 0 Å². The van der Waals surface area contributed by atoms with Crippen LogP contribution < -0.4 is 10.2 Å². The van der Waals surface area contributed by atoms with Gasteiger partial charge in [0.15, 0.2) is 5.78 Å². The zero-order valence-electron chi connectivity index (χ0n) is 20.2. The molecule has 0 saturated heterocycles. The molecular formula is C27H28O7. The van der Waals surface area contributed by atoms with E-state index in [1.54, 1.807) is 0 Å². The second kappa shape index (κ2) is 9.55. The van der Waals surface area contributed by atoms with Crippen molar-refractivity contribution in [1.29, 1.82) is 0 Å². The monoisotopic (exact) mass is 464 g/mol. The minimum absolute atomic E-state index is 0.0132. The van der Waals surface area contributed by atoms with E-state index in [0.29, 0.717) is 5.56 Å². The first-order chi connectivity index (χ1) is 15.9. The molecule has 0 radical (unpaired) electrons.